The van der Waals surface area contributed by atoms with Crippen LogP contribution in [0.1, 0.15) is 33.6 Å². The van der Waals surface area contributed by atoms with Crippen LogP contribution in [0, 0.1) is 0 Å². The molecule has 1 heteroatoms. The van der Waals surface area contributed by atoms with Gasteiger partial charge in [-0.05, 0) is 25.8 Å². The zero-order valence-corrected chi connectivity index (χ0v) is 7.20. The Kier molecular flexibility index (Phi) is 3.85. The zero-order valence-electron chi connectivity index (χ0n) is 7.20. The van der Waals surface area contributed by atoms with E-state index in [-0.39, 0.29) is 0 Å². The van der Waals surface area contributed by atoms with Gasteiger partial charge in [0.1, 0.15) is 0 Å². The third kappa shape index (κ3) is 2.72. The van der Waals surface area contributed by atoms with Crippen molar-refractivity contribution in [2.75, 3.05) is 0 Å². The van der Waals surface area contributed by atoms with Gasteiger partial charge >= 0.3 is 0 Å². The monoisotopic (exact) mass is 139 g/mol. The van der Waals surface area contributed by atoms with Gasteiger partial charge in [-0.15, -0.1) is 0 Å². The quantitative estimate of drug-likeness (QED) is 0.597. The molecule has 0 amide bonds. The SMILES string of the molecule is C=C(N)C(CCC)=C(C)C. The molecule has 1 nitrogen and oxygen atoms in total. The van der Waals surface area contributed by atoms with Crippen molar-refractivity contribution in [3.63, 3.8) is 0 Å². The van der Waals surface area contributed by atoms with Gasteiger partial charge in [-0.3, -0.25) is 0 Å². The van der Waals surface area contributed by atoms with Crippen LogP contribution in [0.4, 0.5) is 0 Å². The van der Waals surface area contributed by atoms with Gasteiger partial charge in [0, 0.05) is 5.70 Å². The molecule has 0 aromatic rings. The molecule has 0 aliphatic heterocycles. The molecule has 0 radical (unpaired) electrons. The first-order valence-electron chi connectivity index (χ1n) is 3.70. The molecule has 0 fully saturated rings. The summed E-state index contributed by atoms with van der Waals surface area (Å²) in [7, 11) is 0. The maximum absolute atomic E-state index is 5.57. The van der Waals surface area contributed by atoms with E-state index >= 15 is 0 Å². The number of rotatable bonds is 3. The Bertz CT molecular complexity index is 150. The van der Waals surface area contributed by atoms with Crippen molar-refractivity contribution in [1.29, 1.82) is 0 Å². The molecule has 0 aromatic carbocycles. The summed E-state index contributed by atoms with van der Waals surface area (Å²) < 4.78 is 0. The number of allylic oxidation sites excluding steroid dienone is 2. The largest absolute Gasteiger partial charge is 0.399 e. The molecule has 0 aromatic heterocycles. The van der Waals surface area contributed by atoms with Crippen LogP contribution in [0.5, 0.6) is 0 Å². The van der Waals surface area contributed by atoms with Crippen molar-refractivity contribution in [2.45, 2.75) is 33.6 Å². The average Bonchev–Trinajstić information content (AvgIpc) is 1.81. The van der Waals surface area contributed by atoms with Gasteiger partial charge in [0.05, 0.1) is 0 Å². The minimum atomic E-state index is 0.724. The van der Waals surface area contributed by atoms with Crippen molar-refractivity contribution in [3.05, 3.63) is 23.4 Å². The van der Waals surface area contributed by atoms with Gasteiger partial charge in [-0.1, -0.05) is 25.5 Å². The summed E-state index contributed by atoms with van der Waals surface area (Å²) in [6, 6.07) is 0. The standard InChI is InChI=1S/C9H17N/c1-5-6-9(7(2)3)8(4)10/h4-6,10H2,1-3H3. The van der Waals surface area contributed by atoms with Crippen molar-refractivity contribution in [3.8, 4) is 0 Å². The molecule has 0 heterocycles. The van der Waals surface area contributed by atoms with E-state index in [1.165, 1.54) is 11.1 Å². The van der Waals surface area contributed by atoms with E-state index in [0.29, 0.717) is 0 Å². The summed E-state index contributed by atoms with van der Waals surface area (Å²) in [5, 5.41) is 0. The maximum atomic E-state index is 5.57. The van der Waals surface area contributed by atoms with E-state index in [0.717, 1.165) is 18.5 Å². The third-order valence-corrected chi connectivity index (χ3v) is 1.49. The van der Waals surface area contributed by atoms with Crippen molar-refractivity contribution in [1.82, 2.24) is 0 Å². The molecule has 0 bridgehead atoms. The molecule has 0 saturated heterocycles. The molecular formula is C9H17N. The fourth-order valence-electron chi connectivity index (χ4n) is 0.982. The van der Waals surface area contributed by atoms with E-state index in [4.69, 9.17) is 5.73 Å². The molecule has 58 valence electrons. The molecule has 0 atom stereocenters. The first-order valence-corrected chi connectivity index (χ1v) is 3.70. The second-order valence-corrected chi connectivity index (χ2v) is 2.75. The molecule has 0 spiro atoms. The van der Waals surface area contributed by atoms with Crippen LogP contribution in [0.25, 0.3) is 0 Å². The van der Waals surface area contributed by atoms with Gasteiger partial charge in [0.2, 0.25) is 0 Å². The highest BCUT2D eigenvalue weighted by Crippen LogP contribution is 2.14. The predicted molar refractivity (Wildman–Crippen MR) is 46.6 cm³/mol. The molecular weight excluding hydrogens is 122 g/mol. The number of nitrogens with two attached hydrogens (primary N) is 1. The van der Waals surface area contributed by atoms with E-state index in [2.05, 4.69) is 27.4 Å². The number of hydrogen-bond donors (Lipinski definition) is 1. The molecule has 0 unspecified atom stereocenters. The smallest absolute Gasteiger partial charge is 0.0272 e. The lowest BCUT2D eigenvalue weighted by atomic mass is 10.0. The van der Waals surface area contributed by atoms with Gasteiger partial charge < -0.3 is 5.73 Å². The second-order valence-electron chi connectivity index (χ2n) is 2.75. The van der Waals surface area contributed by atoms with Crippen LogP contribution in [0.15, 0.2) is 23.4 Å². The first kappa shape index (κ1) is 9.28. The summed E-state index contributed by atoms with van der Waals surface area (Å²) in [6.07, 6.45) is 2.19. The fourth-order valence-corrected chi connectivity index (χ4v) is 0.982. The van der Waals surface area contributed by atoms with Gasteiger partial charge in [-0.2, -0.15) is 0 Å². The lowest BCUT2D eigenvalue weighted by Crippen LogP contribution is -2.00. The summed E-state index contributed by atoms with van der Waals surface area (Å²) in [5.41, 5.74) is 8.81. The Morgan fingerprint density at radius 1 is 1.40 bits per heavy atom. The topological polar surface area (TPSA) is 26.0 Å². The molecule has 0 saturated carbocycles. The van der Waals surface area contributed by atoms with Crippen molar-refractivity contribution >= 4 is 0 Å². The fraction of sp³-hybridized carbons (Fsp3) is 0.556. The summed E-state index contributed by atoms with van der Waals surface area (Å²) in [6.45, 7) is 10.0. The van der Waals surface area contributed by atoms with Gasteiger partial charge in [0.15, 0.2) is 0 Å². The maximum Gasteiger partial charge on any atom is 0.0272 e. The summed E-state index contributed by atoms with van der Waals surface area (Å²) in [4.78, 5) is 0. The predicted octanol–water partition coefficient (Wildman–Crippen LogP) is 2.60. The minimum Gasteiger partial charge on any atom is -0.399 e. The molecule has 0 rings (SSSR count). The van der Waals surface area contributed by atoms with Gasteiger partial charge in [-0.25, -0.2) is 0 Å². The van der Waals surface area contributed by atoms with Crippen molar-refractivity contribution in [2.24, 2.45) is 5.73 Å². The van der Waals surface area contributed by atoms with E-state index < -0.39 is 0 Å². The Morgan fingerprint density at radius 2 is 1.90 bits per heavy atom. The molecule has 0 aliphatic rings. The highest BCUT2D eigenvalue weighted by molar-refractivity contribution is 5.28. The lowest BCUT2D eigenvalue weighted by Gasteiger charge is -2.06. The van der Waals surface area contributed by atoms with Gasteiger partial charge in [0.25, 0.3) is 0 Å². The van der Waals surface area contributed by atoms with Crippen molar-refractivity contribution < 1.29 is 0 Å². The van der Waals surface area contributed by atoms with E-state index in [1.807, 2.05) is 0 Å². The third-order valence-electron chi connectivity index (χ3n) is 1.49. The Morgan fingerprint density at radius 3 is 2.00 bits per heavy atom. The molecule has 2 N–H and O–H groups in total. The van der Waals surface area contributed by atoms with Crippen LogP contribution in [0.2, 0.25) is 0 Å². The van der Waals surface area contributed by atoms with Crippen LogP contribution < -0.4 is 5.73 Å². The Balaban J connectivity index is 4.28. The molecule has 0 aliphatic carbocycles. The highest BCUT2D eigenvalue weighted by atomic mass is 14.6. The second kappa shape index (κ2) is 4.15. The normalized spacial score (nSPS) is 9.10. The Hall–Kier alpha value is -0.720. The summed E-state index contributed by atoms with van der Waals surface area (Å²) in [5.74, 6) is 0. The Labute approximate surface area is 63.6 Å². The number of hydrogen-bond acceptors (Lipinski definition) is 1. The lowest BCUT2D eigenvalue weighted by molar-refractivity contribution is 0.894. The molecule has 10 heavy (non-hydrogen) atoms. The van der Waals surface area contributed by atoms with E-state index in [9.17, 15) is 0 Å². The summed E-state index contributed by atoms with van der Waals surface area (Å²) >= 11 is 0. The average molecular weight is 139 g/mol. The zero-order chi connectivity index (χ0) is 8.15. The highest BCUT2D eigenvalue weighted by Gasteiger charge is 1.98. The van der Waals surface area contributed by atoms with E-state index in [1.54, 1.807) is 0 Å². The van der Waals surface area contributed by atoms with Crippen LogP contribution >= 0.6 is 0 Å². The van der Waals surface area contributed by atoms with Crippen LogP contribution in [0.3, 0.4) is 0 Å². The first-order chi connectivity index (χ1) is 4.59. The van der Waals surface area contributed by atoms with Crippen LogP contribution in [-0.4, -0.2) is 0 Å². The van der Waals surface area contributed by atoms with Crippen LogP contribution in [-0.2, 0) is 0 Å². The minimum absolute atomic E-state index is 0.724.